The molecule has 120 valence electrons. The van der Waals surface area contributed by atoms with E-state index in [1.807, 2.05) is 0 Å². The predicted molar refractivity (Wildman–Crippen MR) is 81.0 cm³/mol. The molecule has 2 aromatic carbocycles. The average molecular weight is 329 g/mol. The molecule has 0 bridgehead atoms. The first-order valence-electron chi connectivity index (χ1n) is 6.44. The Hall–Kier alpha value is -3.89. The van der Waals surface area contributed by atoms with Crippen LogP contribution < -0.4 is 0 Å². The van der Waals surface area contributed by atoms with Gasteiger partial charge in [0.15, 0.2) is 0 Å². The summed E-state index contributed by atoms with van der Waals surface area (Å²) < 4.78 is 1.18. The molecule has 11 nitrogen and oxygen atoms in total. The lowest BCUT2D eigenvalue weighted by Gasteiger charge is -2.06. The number of hydrogen-bond acceptors (Lipinski definition) is 7. The molecule has 0 unspecified atom stereocenters. The molecule has 11 heteroatoms. The van der Waals surface area contributed by atoms with Gasteiger partial charge in [-0.05, 0) is 12.1 Å². The van der Waals surface area contributed by atoms with Gasteiger partial charge in [0.25, 0.3) is 5.69 Å². The molecule has 0 fully saturated rings. The van der Waals surface area contributed by atoms with Gasteiger partial charge < -0.3 is 0 Å². The first kappa shape index (κ1) is 15.0. The molecule has 0 spiro atoms. The van der Waals surface area contributed by atoms with E-state index < -0.39 is 31.8 Å². The summed E-state index contributed by atoms with van der Waals surface area (Å²) in [5.41, 5.74) is -1.75. The number of nitrogens with zero attached hydrogens (tertiary/aromatic N) is 5. The highest BCUT2D eigenvalue weighted by atomic mass is 16.6. The van der Waals surface area contributed by atoms with E-state index in [0.29, 0.717) is 23.2 Å². The van der Waals surface area contributed by atoms with Gasteiger partial charge in [-0.1, -0.05) is 12.1 Å². The number of nitro benzene ring substituents is 3. The van der Waals surface area contributed by atoms with E-state index in [9.17, 15) is 30.3 Å². The molecular formula is C13H7N5O6. The second-order valence-electron chi connectivity index (χ2n) is 4.71. The van der Waals surface area contributed by atoms with E-state index >= 15 is 0 Å². The number of non-ortho nitro benzene ring substituents is 1. The smallest absolute Gasteiger partial charge is 0.287 e. The van der Waals surface area contributed by atoms with E-state index in [-0.39, 0.29) is 5.69 Å². The number of aromatic nitrogens is 2. The summed E-state index contributed by atoms with van der Waals surface area (Å²) in [5, 5.41) is 33.6. The highest BCUT2D eigenvalue weighted by Gasteiger charge is 2.32. The molecule has 0 saturated carbocycles. The number of hydrogen-bond donors (Lipinski definition) is 0. The maximum absolute atomic E-state index is 11.3. The zero-order valence-electron chi connectivity index (χ0n) is 11.7. The van der Waals surface area contributed by atoms with Crippen LogP contribution in [0.1, 0.15) is 0 Å². The minimum Gasteiger partial charge on any atom is -0.287 e. The van der Waals surface area contributed by atoms with Gasteiger partial charge in [-0.2, -0.15) is 0 Å². The number of imidazole rings is 1. The average Bonchev–Trinajstić information content (AvgIpc) is 2.97. The van der Waals surface area contributed by atoms with Crippen LogP contribution in [0.25, 0.3) is 16.7 Å². The number of fused-ring (bicyclic) bond motifs is 1. The van der Waals surface area contributed by atoms with E-state index in [0.717, 1.165) is 0 Å². The minimum atomic E-state index is -0.921. The van der Waals surface area contributed by atoms with Crippen molar-refractivity contribution in [1.82, 2.24) is 9.55 Å². The SMILES string of the molecule is O=[N+]([O-])c1cc([N+](=O)[O-])c(-n2cnc3ccccc32)c([N+](=O)[O-])c1. The van der Waals surface area contributed by atoms with Crippen molar-refractivity contribution in [2.75, 3.05) is 0 Å². The van der Waals surface area contributed by atoms with Crippen molar-refractivity contribution < 1.29 is 14.8 Å². The van der Waals surface area contributed by atoms with E-state index in [1.54, 1.807) is 24.3 Å². The Morgan fingerprint density at radius 3 is 2.00 bits per heavy atom. The number of para-hydroxylation sites is 2. The quantitative estimate of drug-likeness (QED) is 0.527. The monoisotopic (exact) mass is 329 g/mol. The highest BCUT2D eigenvalue weighted by molar-refractivity contribution is 5.81. The third-order valence-corrected chi connectivity index (χ3v) is 3.35. The third-order valence-electron chi connectivity index (χ3n) is 3.35. The maximum Gasteiger partial charge on any atom is 0.307 e. The molecule has 0 N–H and O–H groups in total. The summed E-state index contributed by atoms with van der Waals surface area (Å²) in [4.78, 5) is 34.9. The largest absolute Gasteiger partial charge is 0.307 e. The maximum atomic E-state index is 11.3. The van der Waals surface area contributed by atoms with Crippen molar-refractivity contribution in [3.63, 3.8) is 0 Å². The van der Waals surface area contributed by atoms with Crippen LogP contribution in [0, 0.1) is 30.3 Å². The minimum absolute atomic E-state index is 0.385. The number of benzene rings is 2. The first-order chi connectivity index (χ1) is 11.4. The fourth-order valence-corrected chi connectivity index (χ4v) is 2.36. The molecule has 0 atom stereocenters. The Morgan fingerprint density at radius 2 is 1.46 bits per heavy atom. The summed E-state index contributed by atoms with van der Waals surface area (Å²) in [6.07, 6.45) is 1.20. The normalized spacial score (nSPS) is 10.7. The van der Waals surface area contributed by atoms with Gasteiger partial charge in [0, 0.05) is 0 Å². The predicted octanol–water partition coefficient (Wildman–Crippen LogP) is 2.75. The van der Waals surface area contributed by atoms with Crippen LogP contribution in [0.15, 0.2) is 42.7 Å². The molecule has 0 amide bonds. The molecule has 3 aromatic rings. The molecule has 1 heterocycles. The Morgan fingerprint density at radius 1 is 0.875 bits per heavy atom. The van der Waals surface area contributed by atoms with Crippen molar-refractivity contribution in [3.05, 3.63) is 73.1 Å². The second kappa shape index (κ2) is 5.39. The Labute approximate surface area is 132 Å². The van der Waals surface area contributed by atoms with Gasteiger partial charge in [0.2, 0.25) is 5.69 Å². The fourth-order valence-electron chi connectivity index (χ4n) is 2.36. The lowest BCUT2D eigenvalue weighted by Crippen LogP contribution is -2.05. The zero-order chi connectivity index (χ0) is 17.4. The lowest BCUT2D eigenvalue weighted by molar-refractivity contribution is -0.402. The van der Waals surface area contributed by atoms with Crippen molar-refractivity contribution in [3.8, 4) is 5.69 Å². The van der Waals surface area contributed by atoms with E-state index in [4.69, 9.17) is 0 Å². The van der Waals surface area contributed by atoms with Crippen LogP contribution in [0.2, 0.25) is 0 Å². The summed E-state index contributed by atoms with van der Waals surface area (Å²) in [6.45, 7) is 0. The summed E-state index contributed by atoms with van der Waals surface area (Å²) in [5.74, 6) is 0. The topological polar surface area (TPSA) is 147 Å². The van der Waals surface area contributed by atoms with Crippen LogP contribution in [0.5, 0.6) is 0 Å². The summed E-state index contributed by atoms with van der Waals surface area (Å²) in [6, 6.07) is 7.93. The van der Waals surface area contributed by atoms with Crippen LogP contribution in [0.3, 0.4) is 0 Å². The summed E-state index contributed by atoms with van der Waals surface area (Å²) in [7, 11) is 0. The highest BCUT2D eigenvalue weighted by Crippen LogP contribution is 2.38. The van der Waals surface area contributed by atoms with Crippen LogP contribution >= 0.6 is 0 Å². The van der Waals surface area contributed by atoms with Crippen molar-refractivity contribution in [1.29, 1.82) is 0 Å². The second-order valence-corrected chi connectivity index (χ2v) is 4.71. The Bertz CT molecular complexity index is 976. The molecule has 0 aliphatic heterocycles. The fraction of sp³-hybridized carbons (Fsp3) is 0. The van der Waals surface area contributed by atoms with Gasteiger partial charge in [0.1, 0.15) is 6.33 Å². The molecule has 0 radical (unpaired) electrons. The van der Waals surface area contributed by atoms with Crippen LogP contribution in [0.4, 0.5) is 17.1 Å². The summed E-state index contributed by atoms with van der Waals surface area (Å²) >= 11 is 0. The Kier molecular flexibility index (Phi) is 3.37. The van der Waals surface area contributed by atoms with Crippen molar-refractivity contribution >= 4 is 28.1 Å². The molecule has 3 rings (SSSR count). The van der Waals surface area contributed by atoms with Gasteiger partial charge in [-0.25, -0.2) is 4.98 Å². The molecule has 0 aliphatic carbocycles. The first-order valence-corrected chi connectivity index (χ1v) is 6.44. The molecule has 0 saturated heterocycles. The van der Waals surface area contributed by atoms with Crippen molar-refractivity contribution in [2.45, 2.75) is 0 Å². The molecular weight excluding hydrogens is 322 g/mol. The van der Waals surface area contributed by atoms with Gasteiger partial charge in [0.05, 0.1) is 37.9 Å². The van der Waals surface area contributed by atoms with Crippen LogP contribution in [-0.4, -0.2) is 24.3 Å². The molecule has 0 aliphatic rings. The molecule has 1 aromatic heterocycles. The van der Waals surface area contributed by atoms with Crippen LogP contribution in [-0.2, 0) is 0 Å². The van der Waals surface area contributed by atoms with Gasteiger partial charge in [-0.15, -0.1) is 0 Å². The molecule has 24 heavy (non-hydrogen) atoms. The number of rotatable bonds is 4. The van der Waals surface area contributed by atoms with E-state index in [1.165, 1.54) is 10.9 Å². The standard InChI is InChI=1S/C13H7N5O6/c19-16(20)8-5-11(17(21)22)13(12(6-8)18(23)24)15-7-14-9-3-1-2-4-10(9)15/h1-7H. The lowest BCUT2D eigenvalue weighted by atomic mass is 10.2. The zero-order valence-corrected chi connectivity index (χ0v) is 11.7. The Balaban J connectivity index is 2.43. The third kappa shape index (κ3) is 2.29. The number of nitro groups is 3. The van der Waals surface area contributed by atoms with Gasteiger partial charge >= 0.3 is 11.4 Å². The van der Waals surface area contributed by atoms with E-state index in [2.05, 4.69) is 4.98 Å². The van der Waals surface area contributed by atoms with Crippen molar-refractivity contribution in [2.24, 2.45) is 0 Å². The van der Waals surface area contributed by atoms with Gasteiger partial charge in [-0.3, -0.25) is 34.9 Å².